The first-order valence-corrected chi connectivity index (χ1v) is 5.82. The zero-order valence-corrected chi connectivity index (χ0v) is 11.6. The summed E-state index contributed by atoms with van der Waals surface area (Å²) in [5.74, 6) is 0.790. The van der Waals surface area contributed by atoms with Gasteiger partial charge in [0.25, 0.3) is 0 Å². The Labute approximate surface area is 114 Å². The molecule has 0 heterocycles. The fourth-order valence-electron chi connectivity index (χ4n) is 1.44. The van der Waals surface area contributed by atoms with Crippen molar-refractivity contribution in [3.05, 3.63) is 29.8 Å². The fraction of sp³-hybridized carbons (Fsp3) is 0.462. The largest absolute Gasteiger partial charge is 0.489 e. The lowest BCUT2D eigenvalue weighted by atomic mass is 10.2. The number of carbonyl (C=O) groups is 1. The molecule has 0 spiro atoms. The number of benzene rings is 1. The third-order valence-electron chi connectivity index (χ3n) is 2.28. The summed E-state index contributed by atoms with van der Waals surface area (Å²) in [6, 6.07) is 7.84. The smallest absolute Gasteiger partial charge is 0.221 e. The Morgan fingerprint density at radius 3 is 2.83 bits per heavy atom. The molecule has 1 aromatic rings. The minimum Gasteiger partial charge on any atom is -0.489 e. The van der Waals surface area contributed by atoms with Crippen LogP contribution in [0, 0.1) is 6.92 Å². The van der Waals surface area contributed by atoms with Gasteiger partial charge >= 0.3 is 0 Å². The number of carbonyl (C=O) groups excluding carboxylic acids is 1. The van der Waals surface area contributed by atoms with E-state index in [-0.39, 0.29) is 24.4 Å². The van der Waals surface area contributed by atoms with Gasteiger partial charge < -0.3 is 15.8 Å². The van der Waals surface area contributed by atoms with Crippen molar-refractivity contribution >= 4 is 18.3 Å². The molecule has 0 radical (unpaired) electrons. The van der Waals surface area contributed by atoms with E-state index in [0.29, 0.717) is 19.5 Å². The average molecular weight is 273 g/mol. The van der Waals surface area contributed by atoms with Gasteiger partial charge in [0, 0.05) is 13.0 Å². The minimum absolute atomic E-state index is 0. The fourth-order valence-corrected chi connectivity index (χ4v) is 1.44. The van der Waals surface area contributed by atoms with E-state index in [9.17, 15) is 4.79 Å². The second-order valence-corrected chi connectivity index (χ2v) is 4.09. The second kappa shape index (κ2) is 8.78. The summed E-state index contributed by atoms with van der Waals surface area (Å²) in [6.07, 6.45) is 0.301. The number of ether oxygens (including phenoxy) is 1. The molecule has 5 heteroatoms. The Morgan fingerprint density at radius 2 is 2.22 bits per heavy atom. The SMILES string of the molecule is Cc1cccc(OC(C)CNC(=O)CCN)c1.Cl. The van der Waals surface area contributed by atoms with Crippen LogP contribution in [0.2, 0.25) is 0 Å². The molecule has 0 aliphatic carbocycles. The van der Waals surface area contributed by atoms with E-state index >= 15 is 0 Å². The van der Waals surface area contributed by atoms with E-state index in [2.05, 4.69) is 5.32 Å². The Morgan fingerprint density at radius 1 is 1.50 bits per heavy atom. The molecule has 0 aliphatic heterocycles. The van der Waals surface area contributed by atoms with Crippen molar-refractivity contribution in [1.82, 2.24) is 5.32 Å². The van der Waals surface area contributed by atoms with Crippen LogP contribution in [0.1, 0.15) is 18.9 Å². The van der Waals surface area contributed by atoms with Gasteiger partial charge in [0.2, 0.25) is 5.91 Å². The highest BCUT2D eigenvalue weighted by Gasteiger charge is 2.06. The highest BCUT2D eigenvalue weighted by molar-refractivity contribution is 5.85. The monoisotopic (exact) mass is 272 g/mol. The molecular weight excluding hydrogens is 252 g/mol. The maximum atomic E-state index is 11.2. The predicted molar refractivity (Wildman–Crippen MR) is 75.2 cm³/mol. The third kappa shape index (κ3) is 6.47. The van der Waals surface area contributed by atoms with Crippen LogP contribution in [0.5, 0.6) is 5.75 Å². The number of rotatable bonds is 6. The molecular formula is C13H21ClN2O2. The summed E-state index contributed by atoms with van der Waals surface area (Å²) < 4.78 is 5.68. The minimum atomic E-state index is -0.0569. The number of amides is 1. The lowest BCUT2D eigenvalue weighted by Crippen LogP contribution is -2.34. The van der Waals surface area contributed by atoms with Crippen molar-refractivity contribution in [3.8, 4) is 5.75 Å². The van der Waals surface area contributed by atoms with E-state index in [1.807, 2.05) is 38.1 Å². The molecule has 0 saturated heterocycles. The molecule has 1 aromatic carbocycles. The van der Waals surface area contributed by atoms with E-state index in [0.717, 1.165) is 11.3 Å². The zero-order chi connectivity index (χ0) is 12.7. The average Bonchev–Trinajstić information content (AvgIpc) is 2.27. The molecule has 18 heavy (non-hydrogen) atoms. The Hall–Kier alpha value is -1.26. The molecule has 0 aliphatic rings. The molecule has 0 saturated carbocycles. The molecule has 1 unspecified atom stereocenters. The summed E-state index contributed by atoms with van der Waals surface area (Å²) in [6.45, 7) is 4.80. The molecule has 1 amide bonds. The Kier molecular flexibility index (Phi) is 8.16. The number of halogens is 1. The van der Waals surface area contributed by atoms with Gasteiger partial charge in [0.05, 0.1) is 6.54 Å². The number of nitrogens with one attached hydrogen (secondary N) is 1. The quantitative estimate of drug-likeness (QED) is 0.828. The van der Waals surface area contributed by atoms with Gasteiger partial charge in [0.1, 0.15) is 11.9 Å². The summed E-state index contributed by atoms with van der Waals surface area (Å²) in [5.41, 5.74) is 6.44. The van der Waals surface area contributed by atoms with Crippen LogP contribution < -0.4 is 15.8 Å². The molecule has 1 rings (SSSR count). The van der Waals surface area contributed by atoms with Crippen molar-refractivity contribution in [2.45, 2.75) is 26.4 Å². The summed E-state index contributed by atoms with van der Waals surface area (Å²) in [7, 11) is 0. The van der Waals surface area contributed by atoms with Crippen LogP contribution in [-0.4, -0.2) is 25.1 Å². The maximum absolute atomic E-state index is 11.2. The van der Waals surface area contributed by atoms with E-state index in [4.69, 9.17) is 10.5 Å². The van der Waals surface area contributed by atoms with Crippen molar-refractivity contribution in [3.63, 3.8) is 0 Å². The van der Waals surface area contributed by atoms with Crippen LogP contribution in [0.4, 0.5) is 0 Å². The van der Waals surface area contributed by atoms with Crippen molar-refractivity contribution in [2.75, 3.05) is 13.1 Å². The van der Waals surface area contributed by atoms with Crippen molar-refractivity contribution in [2.24, 2.45) is 5.73 Å². The molecule has 1 atom stereocenters. The first-order valence-electron chi connectivity index (χ1n) is 5.82. The number of hydrogen-bond donors (Lipinski definition) is 2. The van der Waals surface area contributed by atoms with Gasteiger partial charge in [-0.3, -0.25) is 4.79 Å². The van der Waals surface area contributed by atoms with Gasteiger partial charge in [-0.2, -0.15) is 0 Å². The van der Waals surface area contributed by atoms with Gasteiger partial charge in [-0.15, -0.1) is 12.4 Å². The van der Waals surface area contributed by atoms with Crippen LogP contribution in [0.25, 0.3) is 0 Å². The Bertz CT molecular complexity index is 372. The van der Waals surface area contributed by atoms with Crippen LogP contribution >= 0.6 is 12.4 Å². The van der Waals surface area contributed by atoms with Gasteiger partial charge in [-0.05, 0) is 31.5 Å². The van der Waals surface area contributed by atoms with E-state index in [1.54, 1.807) is 0 Å². The van der Waals surface area contributed by atoms with E-state index < -0.39 is 0 Å². The van der Waals surface area contributed by atoms with Crippen LogP contribution in [0.15, 0.2) is 24.3 Å². The first-order chi connectivity index (χ1) is 8.11. The third-order valence-corrected chi connectivity index (χ3v) is 2.28. The van der Waals surface area contributed by atoms with Gasteiger partial charge in [-0.1, -0.05) is 12.1 Å². The van der Waals surface area contributed by atoms with Gasteiger partial charge in [0.15, 0.2) is 0 Å². The molecule has 3 N–H and O–H groups in total. The standard InChI is InChI=1S/C13H20N2O2.ClH/c1-10-4-3-5-12(8-10)17-11(2)9-15-13(16)6-7-14;/h3-5,8,11H,6-7,9,14H2,1-2H3,(H,15,16);1H. The van der Waals surface area contributed by atoms with Crippen LogP contribution in [0.3, 0.4) is 0 Å². The highest BCUT2D eigenvalue weighted by atomic mass is 35.5. The summed E-state index contributed by atoms with van der Waals surface area (Å²) in [4.78, 5) is 11.2. The second-order valence-electron chi connectivity index (χ2n) is 4.09. The number of aryl methyl sites for hydroxylation is 1. The lowest BCUT2D eigenvalue weighted by Gasteiger charge is -2.15. The van der Waals surface area contributed by atoms with Crippen molar-refractivity contribution in [1.29, 1.82) is 0 Å². The topological polar surface area (TPSA) is 64.3 Å². The zero-order valence-electron chi connectivity index (χ0n) is 10.8. The molecule has 0 aromatic heterocycles. The van der Waals surface area contributed by atoms with Gasteiger partial charge in [-0.25, -0.2) is 0 Å². The normalized spacial score (nSPS) is 11.3. The number of nitrogens with two attached hydrogens (primary N) is 1. The molecule has 0 bridgehead atoms. The van der Waals surface area contributed by atoms with Crippen molar-refractivity contribution < 1.29 is 9.53 Å². The molecule has 4 nitrogen and oxygen atoms in total. The highest BCUT2D eigenvalue weighted by Crippen LogP contribution is 2.13. The van der Waals surface area contributed by atoms with Crippen LogP contribution in [-0.2, 0) is 4.79 Å². The molecule has 102 valence electrons. The predicted octanol–water partition coefficient (Wildman–Crippen LogP) is 1.65. The number of hydrogen-bond acceptors (Lipinski definition) is 3. The maximum Gasteiger partial charge on any atom is 0.221 e. The molecule has 0 fully saturated rings. The first kappa shape index (κ1) is 16.7. The Balaban J connectivity index is 0.00000289. The summed E-state index contributed by atoms with van der Waals surface area (Å²) >= 11 is 0. The summed E-state index contributed by atoms with van der Waals surface area (Å²) in [5, 5.41) is 2.77. The van der Waals surface area contributed by atoms with E-state index in [1.165, 1.54) is 0 Å². The lowest BCUT2D eigenvalue weighted by molar-refractivity contribution is -0.121.